The molecule has 0 aliphatic carbocycles. The molecule has 3 heterocycles. The van der Waals surface area contributed by atoms with E-state index >= 15 is 0 Å². The maximum absolute atomic E-state index is 14.9. The van der Waals surface area contributed by atoms with Crippen molar-refractivity contribution in [2.45, 2.75) is 56.6 Å². The summed E-state index contributed by atoms with van der Waals surface area (Å²) in [6.07, 6.45) is 1.54. The third-order valence-corrected chi connectivity index (χ3v) is 11.0. The molecule has 0 radical (unpaired) electrons. The maximum Gasteiger partial charge on any atom is 0.366 e. The van der Waals surface area contributed by atoms with Crippen LogP contribution in [0.4, 0.5) is 10.1 Å². The van der Waals surface area contributed by atoms with E-state index in [0.29, 0.717) is 41.6 Å². The summed E-state index contributed by atoms with van der Waals surface area (Å²) in [5, 5.41) is 0.250. The lowest BCUT2D eigenvalue weighted by molar-refractivity contribution is -0.144. The van der Waals surface area contributed by atoms with Gasteiger partial charge in [-0.05, 0) is 61.9 Å². The zero-order valence-corrected chi connectivity index (χ0v) is 26.2. The number of hydrogen-bond donors (Lipinski definition) is 3. The summed E-state index contributed by atoms with van der Waals surface area (Å²) < 4.78 is 27.2. The number of fused-ring (bicyclic) bond motifs is 2. The molecular formula is C30H34FN4O7PS. The number of nitrogens with zero attached hydrogens (tertiary/aromatic N) is 3. The molecule has 14 heteroatoms. The molecule has 4 amide bonds. The molecule has 4 atom stereocenters. The fourth-order valence-corrected chi connectivity index (χ4v) is 7.27. The van der Waals surface area contributed by atoms with E-state index in [1.807, 2.05) is 30.3 Å². The predicted octanol–water partition coefficient (Wildman–Crippen LogP) is 3.59. The lowest BCUT2D eigenvalue weighted by Gasteiger charge is -2.39. The van der Waals surface area contributed by atoms with Crippen molar-refractivity contribution >= 4 is 58.3 Å². The first-order valence-corrected chi connectivity index (χ1v) is 16.6. The molecule has 44 heavy (non-hydrogen) atoms. The Labute approximate surface area is 257 Å². The third-order valence-electron chi connectivity index (χ3n) is 8.51. The van der Waals surface area contributed by atoms with Gasteiger partial charge >= 0.3 is 7.60 Å². The number of carbonyl (C=O) groups excluding carboxylic acids is 4. The summed E-state index contributed by atoms with van der Waals surface area (Å²) in [4.78, 5) is 77.4. The van der Waals surface area contributed by atoms with Crippen LogP contribution < -0.4 is 10.2 Å². The van der Waals surface area contributed by atoms with Gasteiger partial charge in [-0.1, -0.05) is 24.3 Å². The zero-order chi connectivity index (χ0) is 32.0. The molecule has 0 spiro atoms. The van der Waals surface area contributed by atoms with Crippen molar-refractivity contribution in [2.24, 2.45) is 0 Å². The molecule has 234 valence electrons. The van der Waals surface area contributed by atoms with Gasteiger partial charge in [0.05, 0.1) is 4.88 Å². The van der Waals surface area contributed by atoms with Gasteiger partial charge in [0, 0.05) is 49.1 Å². The number of anilines is 1. The normalized spacial score (nSPS) is 22.1. The Morgan fingerprint density at radius 1 is 1.09 bits per heavy atom. The van der Waals surface area contributed by atoms with Gasteiger partial charge in [-0.3, -0.25) is 23.7 Å². The average Bonchev–Trinajstić information content (AvgIpc) is 3.60. The van der Waals surface area contributed by atoms with E-state index in [9.17, 15) is 37.9 Å². The highest BCUT2D eigenvalue weighted by Gasteiger charge is 2.47. The van der Waals surface area contributed by atoms with Gasteiger partial charge in [0.15, 0.2) is 0 Å². The lowest BCUT2D eigenvalue weighted by atomic mass is 10.1. The first-order valence-electron chi connectivity index (χ1n) is 14.2. The van der Waals surface area contributed by atoms with Crippen LogP contribution in [0.3, 0.4) is 0 Å². The molecule has 3 aromatic rings. The topological polar surface area (TPSA) is 148 Å². The van der Waals surface area contributed by atoms with E-state index in [0.717, 1.165) is 18.3 Å². The van der Waals surface area contributed by atoms with E-state index < -0.39 is 36.9 Å². The summed E-state index contributed by atoms with van der Waals surface area (Å²) in [5.41, 5.74) is 0.460. The van der Waals surface area contributed by atoms with Gasteiger partial charge < -0.3 is 29.8 Å². The molecule has 11 nitrogen and oxygen atoms in total. The van der Waals surface area contributed by atoms with Crippen LogP contribution in [-0.2, 0) is 24.4 Å². The second-order valence-corrected chi connectivity index (χ2v) is 14.4. The number of rotatable bonds is 6. The van der Waals surface area contributed by atoms with Gasteiger partial charge in [0.2, 0.25) is 23.1 Å². The van der Waals surface area contributed by atoms with Crippen molar-refractivity contribution in [3.63, 3.8) is 0 Å². The molecular weight excluding hydrogens is 610 g/mol. The highest BCUT2D eigenvalue weighted by molar-refractivity contribution is 7.52. The SMILES string of the molecule is CC(=O)N1CC[C@H]2CC[C@@H](C(=O)N(C)c3ccccc3)N2C(=O)C(NC(=O)c2cc3cc(C(C)(F)P(=O)(O)O)ccc3s2)C1. The molecule has 2 aliphatic rings. The number of para-hydroxylation sites is 1. The van der Waals surface area contributed by atoms with Crippen molar-refractivity contribution < 1.29 is 37.9 Å². The number of likely N-dealkylation sites (N-methyl/N-ethyl adjacent to an activating group) is 1. The summed E-state index contributed by atoms with van der Waals surface area (Å²) in [6.45, 7) is 2.49. The molecule has 2 unspecified atom stereocenters. The Balaban J connectivity index is 1.41. The summed E-state index contributed by atoms with van der Waals surface area (Å²) in [5.74, 6) is -1.54. The third kappa shape index (κ3) is 6.01. The zero-order valence-electron chi connectivity index (χ0n) is 24.5. The fraction of sp³-hybridized carbons (Fsp3) is 0.400. The molecule has 2 aromatic carbocycles. The average molecular weight is 645 g/mol. The minimum absolute atomic E-state index is 0.0733. The van der Waals surface area contributed by atoms with Crippen molar-refractivity contribution in [1.82, 2.24) is 15.1 Å². The minimum atomic E-state index is -5.12. The molecule has 2 fully saturated rings. The van der Waals surface area contributed by atoms with Gasteiger partial charge in [0.1, 0.15) is 12.1 Å². The fourth-order valence-electron chi connectivity index (χ4n) is 5.85. The van der Waals surface area contributed by atoms with Crippen LogP contribution in [0.2, 0.25) is 0 Å². The Hall–Kier alpha value is -3.64. The van der Waals surface area contributed by atoms with E-state index in [4.69, 9.17) is 0 Å². The summed E-state index contributed by atoms with van der Waals surface area (Å²) >= 11 is 1.07. The first kappa shape index (κ1) is 31.8. The van der Waals surface area contributed by atoms with Crippen LogP contribution in [-0.4, -0.2) is 81.5 Å². The van der Waals surface area contributed by atoms with Gasteiger partial charge in [0.25, 0.3) is 5.91 Å². The van der Waals surface area contributed by atoms with Crippen LogP contribution >= 0.6 is 18.9 Å². The van der Waals surface area contributed by atoms with Crippen LogP contribution in [0, 0.1) is 0 Å². The number of alkyl halides is 1. The molecule has 5 rings (SSSR count). The van der Waals surface area contributed by atoms with E-state index in [-0.39, 0.29) is 34.8 Å². The van der Waals surface area contributed by atoms with Crippen LogP contribution in [0.25, 0.3) is 10.1 Å². The molecule has 0 saturated carbocycles. The van der Waals surface area contributed by atoms with Crippen molar-refractivity contribution in [3.05, 3.63) is 65.0 Å². The Kier molecular flexibility index (Phi) is 8.69. The second-order valence-electron chi connectivity index (χ2n) is 11.4. The lowest BCUT2D eigenvalue weighted by Crippen LogP contribution is -2.61. The standard InChI is InChI=1S/C30H34FN4O7PS/c1-18(36)34-14-13-22-10-11-24(29(39)33(3)21-7-5-4-6-8-21)35(22)28(38)23(17-34)32-27(37)26-16-19-15-20(9-12-25(19)44-26)30(2,31)43(40,41)42/h4-9,12,15-16,22-24H,10-11,13-14,17H2,1-3H3,(H,32,37)(H2,40,41,42)/t22-,23?,24+,30?/m1/s1. The number of nitrogens with one attached hydrogen (secondary N) is 1. The van der Waals surface area contributed by atoms with Crippen LogP contribution in [0.15, 0.2) is 54.6 Å². The van der Waals surface area contributed by atoms with Crippen molar-refractivity contribution in [3.8, 4) is 0 Å². The molecule has 1 aromatic heterocycles. The highest BCUT2D eigenvalue weighted by atomic mass is 32.1. The number of thiophene rings is 1. The minimum Gasteiger partial charge on any atom is -0.340 e. The number of benzene rings is 2. The maximum atomic E-state index is 14.9. The monoisotopic (exact) mass is 644 g/mol. The quantitative estimate of drug-likeness (QED) is 0.348. The Morgan fingerprint density at radius 3 is 2.45 bits per heavy atom. The van der Waals surface area contributed by atoms with Gasteiger partial charge in [-0.2, -0.15) is 0 Å². The van der Waals surface area contributed by atoms with Crippen LogP contribution in [0.1, 0.15) is 48.3 Å². The number of halogens is 1. The van der Waals surface area contributed by atoms with E-state index in [1.165, 1.54) is 41.0 Å². The first-order chi connectivity index (χ1) is 20.7. The van der Waals surface area contributed by atoms with E-state index in [2.05, 4.69) is 5.32 Å². The Morgan fingerprint density at radius 2 is 1.80 bits per heavy atom. The summed E-state index contributed by atoms with van der Waals surface area (Å²) in [6, 6.07) is 12.5. The highest BCUT2D eigenvalue weighted by Crippen LogP contribution is 2.58. The molecule has 3 N–H and O–H groups in total. The van der Waals surface area contributed by atoms with Crippen molar-refractivity contribution in [2.75, 3.05) is 25.0 Å². The predicted molar refractivity (Wildman–Crippen MR) is 164 cm³/mol. The number of hydrogen-bond acceptors (Lipinski definition) is 6. The molecule has 0 bridgehead atoms. The largest absolute Gasteiger partial charge is 0.366 e. The smallest absolute Gasteiger partial charge is 0.340 e. The number of amides is 4. The second kappa shape index (κ2) is 12.0. The van der Waals surface area contributed by atoms with Crippen LogP contribution in [0.5, 0.6) is 0 Å². The Bertz CT molecular complexity index is 1660. The van der Waals surface area contributed by atoms with Gasteiger partial charge in [-0.15, -0.1) is 11.3 Å². The van der Waals surface area contributed by atoms with Crippen molar-refractivity contribution in [1.29, 1.82) is 0 Å². The van der Waals surface area contributed by atoms with E-state index in [1.54, 1.807) is 11.9 Å². The summed E-state index contributed by atoms with van der Waals surface area (Å²) in [7, 11) is -3.46. The number of carbonyl (C=O) groups is 4. The van der Waals surface area contributed by atoms with Gasteiger partial charge in [-0.25, -0.2) is 4.39 Å². The molecule has 2 aliphatic heterocycles. The molecule has 2 saturated heterocycles.